The standard InChI is InChI=1S/C19H20N4O4/c1-12-9-15(23-19(21-12)20-11-14-5-4-8-27-14)18(24)22-13-6-7-16(25-2)17(10-13)26-3/h4-10H,11H2,1-3H3,(H,22,24)(H,20,21,23). The van der Waals surface area contributed by atoms with Gasteiger partial charge in [-0.05, 0) is 37.3 Å². The van der Waals surface area contributed by atoms with Crippen LogP contribution in [0.2, 0.25) is 0 Å². The quantitative estimate of drug-likeness (QED) is 0.660. The minimum atomic E-state index is -0.353. The Morgan fingerprint density at radius 2 is 1.93 bits per heavy atom. The van der Waals surface area contributed by atoms with E-state index in [1.54, 1.807) is 50.6 Å². The summed E-state index contributed by atoms with van der Waals surface area (Å²) in [4.78, 5) is 21.2. The molecule has 0 bridgehead atoms. The minimum absolute atomic E-state index is 0.249. The lowest BCUT2D eigenvalue weighted by atomic mass is 10.2. The van der Waals surface area contributed by atoms with Gasteiger partial charge in [0, 0.05) is 17.4 Å². The Labute approximate surface area is 156 Å². The smallest absolute Gasteiger partial charge is 0.274 e. The van der Waals surface area contributed by atoms with Crippen LogP contribution in [-0.4, -0.2) is 30.1 Å². The third-order valence-corrected chi connectivity index (χ3v) is 3.73. The number of rotatable bonds is 7. The molecule has 0 saturated carbocycles. The van der Waals surface area contributed by atoms with Crippen LogP contribution in [-0.2, 0) is 6.54 Å². The molecule has 140 valence electrons. The molecule has 8 nitrogen and oxygen atoms in total. The summed E-state index contributed by atoms with van der Waals surface area (Å²) in [6, 6.07) is 10.4. The second-order valence-corrected chi connectivity index (χ2v) is 5.67. The number of furan rings is 1. The van der Waals surface area contributed by atoms with Gasteiger partial charge < -0.3 is 24.5 Å². The first-order valence-electron chi connectivity index (χ1n) is 8.24. The van der Waals surface area contributed by atoms with Gasteiger partial charge in [-0.15, -0.1) is 0 Å². The Morgan fingerprint density at radius 1 is 1.11 bits per heavy atom. The molecule has 1 amide bonds. The summed E-state index contributed by atoms with van der Waals surface area (Å²) in [5, 5.41) is 5.85. The maximum atomic E-state index is 12.6. The Morgan fingerprint density at radius 3 is 2.63 bits per heavy atom. The normalized spacial score (nSPS) is 10.3. The summed E-state index contributed by atoms with van der Waals surface area (Å²) in [5.41, 5.74) is 1.49. The number of ether oxygens (including phenoxy) is 2. The van der Waals surface area contributed by atoms with E-state index in [2.05, 4.69) is 20.6 Å². The highest BCUT2D eigenvalue weighted by atomic mass is 16.5. The van der Waals surface area contributed by atoms with Crippen molar-refractivity contribution in [1.29, 1.82) is 0 Å². The van der Waals surface area contributed by atoms with E-state index >= 15 is 0 Å². The zero-order valence-electron chi connectivity index (χ0n) is 15.3. The fourth-order valence-electron chi connectivity index (χ4n) is 2.45. The third kappa shape index (κ3) is 4.55. The summed E-state index contributed by atoms with van der Waals surface area (Å²) >= 11 is 0. The predicted octanol–water partition coefficient (Wildman–Crippen LogP) is 3.26. The average molecular weight is 368 g/mol. The molecule has 8 heteroatoms. The molecule has 2 N–H and O–H groups in total. The number of benzene rings is 1. The summed E-state index contributed by atoms with van der Waals surface area (Å²) in [6.45, 7) is 2.22. The largest absolute Gasteiger partial charge is 0.493 e. The number of aromatic nitrogens is 2. The van der Waals surface area contributed by atoms with Gasteiger partial charge in [0.15, 0.2) is 11.5 Å². The number of carbonyl (C=O) groups is 1. The van der Waals surface area contributed by atoms with Crippen LogP contribution in [0.25, 0.3) is 0 Å². The number of anilines is 2. The second kappa shape index (κ2) is 8.22. The van der Waals surface area contributed by atoms with Gasteiger partial charge in [-0.1, -0.05) is 0 Å². The lowest BCUT2D eigenvalue weighted by Crippen LogP contribution is -2.16. The van der Waals surface area contributed by atoms with Gasteiger partial charge in [-0.25, -0.2) is 9.97 Å². The fourth-order valence-corrected chi connectivity index (χ4v) is 2.45. The Kier molecular flexibility index (Phi) is 5.55. The Hall–Kier alpha value is -3.55. The van der Waals surface area contributed by atoms with Crippen LogP contribution in [0.5, 0.6) is 11.5 Å². The molecule has 0 unspecified atom stereocenters. The molecule has 3 rings (SSSR count). The first-order chi connectivity index (χ1) is 13.1. The van der Waals surface area contributed by atoms with E-state index in [9.17, 15) is 4.79 Å². The Balaban J connectivity index is 1.74. The zero-order chi connectivity index (χ0) is 19.2. The molecule has 0 aliphatic rings. The predicted molar refractivity (Wildman–Crippen MR) is 100 cm³/mol. The van der Waals surface area contributed by atoms with Crippen LogP contribution in [0.3, 0.4) is 0 Å². The van der Waals surface area contributed by atoms with Crippen molar-refractivity contribution < 1.29 is 18.7 Å². The van der Waals surface area contributed by atoms with Crippen LogP contribution in [0.15, 0.2) is 47.1 Å². The van der Waals surface area contributed by atoms with E-state index < -0.39 is 0 Å². The number of hydrogen-bond acceptors (Lipinski definition) is 7. The number of nitrogens with one attached hydrogen (secondary N) is 2. The van der Waals surface area contributed by atoms with E-state index in [0.717, 1.165) is 5.76 Å². The number of hydrogen-bond donors (Lipinski definition) is 2. The van der Waals surface area contributed by atoms with Gasteiger partial charge in [-0.2, -0.15) is 0 Å². The van der Waals surface area contributed by atoms with Crippen molar-refractivity contribution in [2.75, 3.05) is 24.9 Å². The lowest BCUT2D eigenvalue weighted by Gasteiger charge is -2.11. The molecule has 0 atom stereocenters. The molecule has 0 aliphatic heterocycles. The van der Waals surface area contributed by atoms with E-state index in [-0.39, 0.29) is 11.6 Å². The van der Waals surface area contributed by atoms with Crippen LogP contribution >= 0.6 is 0 Å². The molecule has 2 heterocycles. The molecule has 2 aromatic heterocycles. The van der Waals surface area contributed by atoms with E-state index in [1.165, 1.54) is 7.11 Å². The molecule has 0 aliphatic carbocycles. The van der Waals surface area contributed by atoms with Gasteiger partial charge >= 0.3 is 0 Å². The zero-order valence-corrected chi connectivity index (χ0v) is 15.3. The monoisotopic (exact) mass is 368 g/mol. The third-order valence-electron chi connectivity index (χ3n) is 3.73. The van der Waals surface area contributed by atoms with Gasteiger partial charge in [-0.3, -0.25) is 4.79 Å². The van der Waals surface area contributed by atoms with Crippen molar-refractivity contribution in [3.05, 3.63) is 59.8 Å². The van der Waals surface area contributed by atoms with Crippen molar-refractivity contribution in [3.8, 4) is 11.5 Å². The number of amides is 1. The van der Waals surface area contributed by atoms with Crippen molar-refractivity contribution in [1.82, 2.24) is 9.97 Å². The summed E-state index contributed by atoms with van der Waals surface area (Å²) in [6.07, 6.45) is 1.59. The summed E-state index contributed by atoms with van der Waals surface area (Å²) in [7, 11) is 3.09. The lowest BCUT2D eigenvalue weighted by molar-refractivity contribution is 0.102. The molecule has 1 aromatic carbocycles. The second-order valence-electron chi connectivity index (χ2n) is 5.67. The van der Waals surface area contributed by atoms with Gasteiger partial charge in [0.2, 0.25) is 5.95 Å². The fraction of sp³-hybridized carbons (Fsp3) is 0.211. The maximum Gasteiger partial charge on any atom is 0.274 e. The molecule has 0 fully saturated rings. The molecule has 0 spiro atoms. The first kappa shape index (κ1) is 18.2. The number of aryl methyl sites for hydroxylation is 1. The molecular formula is C19H20N4O4. The summed E-state index contributed by atoms with van der Waals surface area (Å²) < 4.78 is 15.7. The van der Waals surface area contributed by atoms with Crippen LogP contribution in [0.1, 0.15) is 21.9 Å². The highest BCUT2D eigenvalue weighted by Crippen LogP contribution is 2.29. The van der Waals surface area contributed by atoms with Crippen LogP contribution in [0.4, 0.5) is 11.6 Å². The van der Waals surface area contributed by atoms with E-state index in [1.807, 2.05) is 6.07 Å². The number of nitrogens with zero attached hydrogens (tertiary/aromatic N) is 2. The molecule has 0 saturated heterocycles. The molecular weight excluding hydrogens is 348 g/mol. The van der Waals surface area contributed by atoms with Crippen molar-refractivity contribution in [2.45, 2.75) is 13.5 Å². The topological polar surface area (TPSA) is 98.5 Å². The Bertz CT molecular complexity index is 925. The molecule has 27 heavy (non-hydrogen) atoms. The highest BCUT2D eigenvalue weighted by molar-refractivity contribution is 6.03. The number of methoxy groups -OCH3 is 2. The number of carbonyl (C=O) groups excluding carboxylic acids is 1. The summed E-state index contributed by atoms with van der Waals surface area (Å²) in [5.74, 6) is 1.85. The average Bonchev–Trinajstić information content (AvgIpc) is 3.19. The molecule has 3 aromatic rings. The van der Waals surface area contributed by atoms with E-state index in [4.69, 9.17) is 13.9 Å². The van der Waals surface area contributed by atoms with Crippen molar-refractivity contribution in [3.63, 3.8) is 0 Å². The van der Waals surface area contributed by atoms with Gasteiger partial charge in [0.1, 0.15) is 11.5 Å². The molecule has 0 radical (unpaired) electrons. The van der Waals surface area contributed by atoms with Gasteiger partial charge in [0.25, 0.3) is 5.91 Å². The van der Waals surface area contributed by atoms with Crippen LogP contribution in [0, 0.1) is 6.92 Å². The van der Waals surface area contributed by atoms with Gasteiger partial charge in [0.05, 0.1) is 27.0 Å². The van der Waals surface area contributed by atoms with Crippen molar-refractivity contribution in [2.24, 2.45) is 0 Å². The minimum Gasteiger partial charge on any atom is -0.493 e. The maximum absolute atomic E-state index is 12.6. The van der Waals surface area contributed by atoms with Crippen molar-refractivity contribution >= 4 is 17.5 Å². The highest BCUT2D eigenvalue weighted by Gasteiger charge is 2.13. The van der Waals surface area contributed by atoms with Crippen LogP contribution < -0.4 is 20.1 Å². The first-order valence-corrected chi connectivity index (χ1v) is 8.24. The SMILES string of the molecule is COc1ccc(NC(=O)c2cc(C)nc(NCc3ccco3)n2)cc1OC. The van der Waals surface area contributed by atoms with E-state index in [0.29, 0.717) is 35.4 Å².